The third kappa shape index (κ3) is 2.44. The summed E-state index contributed by atoms with van der Waals surface area (Å²) in [4.78, 5) is 1.43. The molecule has 2 rings (SSSR count). The molecule has 0 aliphatic carbocycles. The standard InChI is InChI=1S/C11H16BrNOS/c1-8(13)4-5-11(6-14-7-11)9-2-3-10(12)15-9/h2-3,8H,4-7,13H2,1H3. The summed E-state index contributed by atoms with van der Waals surface area (Å²) in [6, 6.07) is 4.61. The molecule has 1 unspecified atom stereocenters. The van der Waals surface area contributed by atoms with Gasteiger partial charge in [-0.25, -0.2) is 0 Å². The number of hydrogen-bond donors (Lipinski definition) is 1. The topological polar surface area (TPSA) is 35.2 Å². The fourth-order valence-electron chi connectivity index (χ4n) is 1.86. The summed E-state index contributed by atoms with van der Waals surface area (Å²) < 4.78 is 6.58. The van der Waals surface area contributed by atoms with Crippen LogP contribution in [0.25, 0.3) is 0 Å². The molecule has 1 aromatic rings. The van der Waals surface area contributed by atoms with Gasteiger partial charge in [0.15, 0.2) is 0 Å². The van der Waals surface area contributed by atoms with Gasteiger partial charge in [-0.15, -0.1) is 11.3 Å². The summed E-state index contributed by atoms with van der Waals surface area (Å²) in [5.74, 6) is 0. The van der Waals surface area contributed by atoms with Crippen molar-refractivity contribution in [2.75, 3.05) is 13.2 Å². The monoisotopic (exact) mass is 289 g/mol. The molecule has 1 atom stereocenters. The first-order valence-electron chi connectivity index (χ1n) is 5.21. The molecule has 4 heteroatoms. The Morgan fingerprint density at radius 3 is 2.73 bits per heavy atom. The van der Waals surface area contributed by atoms with E-state index in [0.717, 1.165) is 26.1 Å². The average molecular weight is 290 g/mol. The maximum Gasteiger partial charge on any atom is 0.0701 e. The maximum absolute atomic E-state index is 5.81. The van der Waals surface area contributed by atoms with E-state index >= 15 is 0 Å². The quantitative estimate of drug-likeness (QED) is 0.925. The zero-order valence-corrected chi connectivity index (χ0v) is 11.2. The zero-order chi connectivity index (χ0) is 10.9. The predicted octanol–water partition coefficient (Wildman–Crippen LogP) is 2.91. The van der Waals surface area contributed by atoms with Crippen molar-refractivity contribution in [2.24, 2.45) is 5.73 Å². The first-order valence-corrected chi connectivity index (χ1v) is 6.82. The van der Waals surface area contributed by atoms with Crippen LogP contribution in [0.5, 0.6) is 0 Å². The molecule has 0 bridgehead atoms. The highest BCUT2D eigenvalue weighted by Gasteiger charge is 2.41. The van der Waals surface area contributed by atoms with E-state index < -0.39 is 0 Å². The van der Waals surface area contributed by atoms with E-state index in [1.807, 2.05) is 11.3 Å². The molecule has 1 aromatic heterocycles. The van der Waals surface area contributed by atoms with Crippen molar-refractivity contribution < 1.29 is 4.74 Å². The van der Waals surface area contributed by atoms with Crippen molar-refractivity contribution >= 4 is 27.3 Å². The van der Waals surface area contributed by atoms with Gasteiger partial charge in [-0.1, -0.05) is 0 Å². The normalized spacial score (nSPS) is 21.0. The van der Waals surface area contributed by atoms with Gasteiger partial charge < -0.3 is 10.5 Å². The number of nitrogens with two attached hydrogens (primary N) is 1. The lowest BCUT2D eigenvalue weighted by Gasteiger charge is -2.41. The van der Waals surface area contributed by atoms with Crippen molar-refractivity contribution in [3.63, 3.8) is 0 Å². The Labute approximate surface area is 103 Å². The van der Waals surface area contributed by atoms with E-state index in [-0.39, 0.29) is 11.5 Å². The second kappa shape index (κ2) is 4.53. The van der Waals surface area contributed by atoms with Gasteiger partial charge in [-0.3, -0.25) is 0 Å². The lowest BCUT2D eigenvalue weighted by Crippen LogP contribution is -2.46. The minimum Gasteiger partial charge on any atom is -0.379 e. The fraction of sp³-hybridized carbons (Fsp3) is 0.636. The molecule has 0 spiro atoms. The van der Waals surface area contributed by atoms with Gasteiger partial charge in [0.2, 0.25) is 0 Å². The molecule has 0 radical (unpaired) electrons. The largest absolute Gasteiger partial charge is 0.379 e. The SMILES string of the molecule is CC(N)CCC1(c2ccc(Br)s2)COC1. The second-order valence-corrected chi connectivity index (χ2v) is 6.86. The fourth-order valence-corrected chi connectivity index (χ4v) is 3.44. The van der Waals surface area contributed by atoms with Gasteiger partial charge in [0.25, 0.3) is 0 Å². The van der Waals surface area contributed by atoms with E-state index in [1.165, 1.54) is 8.66 Å². The van der Waals surface area contributed by atoms with Crippen LogP contribution in [0.1, 0.15) is 24.6 Å². The molecule has 0 aromatic carbocycles. The first kappa shape index (κ1) is 11.6. The summed E-state index contributed by atoms with van der Waals surface area (Å²) in [5, 5.41) is 0. The van der Waals surface area contributed by atoms with Crippen LogP contribution in [0.2, 0.25) is 0 Å². The van der Waals surface area contributed by atoms with Gasteiger partial charge in [0, 0.05) is 10.9 Å². The Bertz CT molecular complexity index is 333. The Balaban J connectivity index is 2.08. The van der Waals surface area contributed by atoms with Crippen molar-refractivity contribution in [1.82, 2.24) is 0 Å². The zero-order valence-electron chi connectivity index (χ0n) is 8.83. The second-order valence-electron chi connectivity index (χ2n) is 4.39. The molecule has 2 N–H and O–H groups in total. The Kier molecular flexibility index (Phi) is 3.50. The summed E-state index contributed by atoms with van der Waals surface area (Å²) >= 11 is 5.33. The third-order valence-corrected chi connectivity index (χ3v) is 4.80. The highest BCUT2D eigenvalue weighted by atomic mass is 79.9. The van der Waals surface area contributed by atoms with Crippen LogP contribution >= 0.6 is 27.3 Å². The molecular weight excluding hydrogens is 274 g/mol. The van der Waals surface area contributed by atoms with Crippen LogP contribution in [0.3, 0.4) is 0 Å². The van der Waals surface area contributed by atoms with Crippen molar-refractivity contribution in [2.45, 2.75) is 31.2 Å². The molecule has 84 valence electrons. The van der Waals surface area contributed by atoms with E-state index in [1.54, 1.807) is 0 Å². The van der Waals surface area contributed by atoms with Gasteiger partial charge >= 0.3 is 0 Å². The third-order valence-electron chi connectivity index (χ3n) is 2.93. The van der Waals surface area contributed by atoms with E-state index in [2.05, 4.69) is 35.0 Å². The first-order chi connectivity index (χ1) is 7.12. The Morgan fingerprint density at radius 2 is 2.33 bits per heavy atom. The molecule has 2 heterocycles. The van der Waals surface area contributed by atoms with Gasteiger partial charge in [0.05, 0.1) is 22.4 Å². The highest BCUT2D eigenvalue weighted by molar-refractivity contribution is 9.11. The number of hydrogen-bond acceptors (Lipinski definition) is 3. The lowest BCUT2D eigenvalue weighted by molar-refractivity contribution is -0.0638. The maximum atomic E-state index is 5.81. The molecule has 0 saturated carbocycles. The van der Waals surface area contributed by atoms with E-state index in [9.17, 15) is 0 Å². The van der Waals surface area contributed by atoms with E-state index in [4.69, 9.17) is 10.5 Å². The van der Waals surface area contributed by atoms with Crippen LogP contribution in [0.15, 0.2) is 15.9 Å². The molecular formula is C11H16BrNOS. The highest BCUT2D eigenvalue weighted by Crippen LogP contribution is 2.41. The van der Waals surface area contributed by atoms with Gasteiger partial charge in [0.1, 0.15) is 0 Å². The van der Waals surface area contributed by atoms with Gasteiger partial charge in [-0.05, 0) is 47.8 Å². The number of rotatable bonds is 4. The average Bonchev–Trinajstić information content (AvgIpc) is 2.50. The minimum absolute atomic E-state index is 0.254. The Morgan fingerprint density at radius 1 is 1.60 bits per heavy atom. The van der Waals surface area contributed by atoms with Crippen LogP contribution in [-0.2, 0) is 10.2 Å². The number of halogens is 1. The molecule has 1 aliphatic rings. The summed E-state index contributed by atoms with van der Waals surface area (Å²) in [6.45, 7) is 3.77. The van der Waals surface area contributed by atoms with Crippen molar-refractivity contribution in [3.05, 3.63) is 20.8 Å². The van der Waals surface area contributed by atoms with Crippen LogP contribution in [0.4, 0.5) is 0 Å². The molecule has 1 fully saturated rings. The predicted molar refractivity (Wildman–Crippen MR) is 67.4 cm³/mol. The molecule has 1 aliphatic heterocycles. The van der Waals surface area contributed by atoms with Gasteiger partial charge in [-0.2, -0.15) is 0 Å². The Hall–Kier alpha value is 0.1000. The van der Waals surface area contributed by atoms with Crippen LogP contribution < -0.4 is 5.73 Å². The summed E-state index contributed by atoms with van der Waals surface area (Å²) in [6.07, 6.45) is 2.20. The van der Waals surface area contributed by atoms with Crippen molar-refractivity contribution in [1.29, 1.82) is 0 Å². The minimum atomic E-state index is 0.254. The lowest BCUT2D eigenvalue weighted by atomic mass is 9.79. The van der Waals surface area contributed by atoms with Crippen molar-refractivity contribution in [3.8, 4) is 0 Å². The van der Waals surface area contributed by atoms with Crippen LogP contribution in [0, 0.1) is 0 Å². The summed E-state index contributed by atoms with van der Waals surface area (Å²) in [5.41, 5.74) is 6.07. The number of thiophene rings is 1. The molecule has 15 heavy (non-hydrogen) atoms. The van der Waals surface area contributed by atoms with Crippen LogP contribution in [-0.4, -0.2) is 19.3 Å². The number of ether oxygens (including phenoxy) is 1. The molecule has 1 saturated heterocycles. The summed E-state index contributed by atoms with van der Waals surface area (Å²) in [7, 11) is 0. The van der Waals surface area contributed by atoms with E-state index in [0.29, 0.717) is 0 Å². The molecule has 0 amide bonds. The molecule has 2 nitrogen and oxygen atoms in total. The smallest absolute Gasteiger partial charge is 0.0701 e.